The zero-order chi connectivity index (χ0) is 15.8. The summed E-state index contributed by atoms with van der Waals surface area (Å²) in [5, 5.41) is 17.4. The summed E-state index contributed by atoms with van der Waals surface area (Å²) in [6, 6.07) is 6.78. The van der Waals surface area contributed by atoms with Gasteiger partial charge in [0.15, 0.2) is 11.5 Å². The molecule has 1 aliphatic rings. The number of hydrogen-bond donors (Lipinski definition) is 0. The number of fused-ring (bicyclic) bond motifs is 1. The zero-order valence-electron chi connectivity index (χ0n) is 13.4. The molecule has 1 fully saturated rings. The lowest BCUT2D eigenvalue weighted by molar-refractivity contribution is 0.249. The average molecular weight is 328 g/mol. The van der Waals surface area contributed by atoms with Gasteiger partial charge in [-0.1, -0.05) is 0 Å². The molecule has 6 nitrogen and oxygen atoms in total. The number of thiophene rings is 1. The van der Waals surface area contributed by atoms with Crippen molar-refractivity contribution >= 4 is 22.8 Å². The van der Waals surface area contributed by atoms with Crippen LogP contribution in [0.4, 0.5) is 5.82 Å². The van der Waals surface area contributed by atoms with E-state index >= 15 is 0 Å². The molecular formula is C16H20N6S. The van der Waals surface area contributed by atoms with Crippen LogP contribution in [0.3, 0.4) is 0 Å². The Kier molecular flexibility index (Phi) is 3.74. The second-order valence-corrected chi connectivity index (χ2v) is 6.96. The van der Waals surface area contributed by atoms with Crippen LogP contribution in [-0.4, -0.2) is 57.9 Å². The number of piperidine rings is 1. The summed E-state index contributed by atoms with van der Waals surface area (Å²) >= 11 is 1.66. The highest BCUT2D eigenvalue weighted by Gasteiger charge is 2.22. The van der Waals surface area contributed by atoms with E-state index in [-0.39, 0.29) is 0 Å². The van der Waals surface area contributed by atoms with Crippen LogP contribution in [0.25, 0.3) is 17.0 Å². The Labute approximate surface area is 139 Å². The molecule has 0 atom stereocenters. The quantitative estimate of drug-likeness (QED) is 0.739. The van der Waals surface area contributed by atoms with Crippen LogP contribution >= 0.6 is 11.3 Å². The number of nitrogens with zero attached hydrogens (tertiary/aromatic N) is 6. The van der Waals surface area contributed by atoms with Crippen molar-refractivity contribution in [3.05, 3.63) is 29.0 Å². The minimum atomic E-state index is 0.672. The number of aromatic nitrogens is 4. The first kappa shape index (κ1) is 14.6. The molecule has 0 N–H and O–H groups in total. The Morgan fingerprint density at radius 3 is 2.65 bits per heavy atom. The summed E-state index contributed by atoms with van der Waals surface area (Å²) in [4.78, 5) is 4.68. The van der Waals surface area contributed by atoms with Crippen LogP contribution in [0.5, 0.6) is 0 Å². The van der Waals surface area contributed by atoms with Crippen LogP contribution in [-0.2, 0) is 0 Å². The highest BCUT2D eigenvalue weighted by atomic mass is 32.1. The molecule has 0 bridgehead atoms. The van der Waals surface area contributed by atoms with Crippen molar-refractivity contribution in [3.8, 4) is 11.4 Å². The van der Waals surface area contributed by atoms with Crippen LogP contribution in [0.2, 0.25) is 0 Å². The van der Waals surface area contributed by atoms with E-state index < -0.39 is 0 Å². The minimum absolute atomic E-state index is 0.672. The molecule has 0 unspecified atom stereocenters. The molecule has 3 aromatic heterocycles. The van der Waals surface area contributed by atoms with Gasteiger partial charge in [0.1, 0.15) is 5.82 Å². The molecule has 0 aliphatic carbocycles. The van der Waals surface area contributed by atoms with Crippen molar-refractivity contribution in [3.63, 3.8) is 0 Å². The molecule has 0 spiro atoms. The third-order valence-corrected chi connectivity index (χ3v) is 5.23. The second-order valence-electron chi connectivity index (χ2n) is 6.18. The molecule has 120 valence electrons. The van der Waals surface area contributed by atoms with Crippen molar-refractivity contribution in [1.29, 1.82) is 0 Å². The largest absolute Gasteiger partial charge is 0.355 e. The average Bonchev–Trinajstić information content (AvgIpc) is 3.23. The number of anilines is 1. The summed E-state index contributed by atoms with van der Waals surface area (Å²) in [7, 11) is 4.32. The topological polar surface area (TPSA) is 49.6 Å². The Morgan fingerprint density at radius 2 is 1.96 bits per heavy atom. The van der Waals surface area contributed by atoms with Gasteiger partial charge in [-0.25, -0.2) is 0 Å². The van der Waals surface area contributed by atoms with Gasteiger partial charge < -0.3 is 9.80 Å². The van der Waals surface area contributed by atoms with Gasteiger partial charge in [-0.05, 0) is 50.5 Å². The molecule has 23 heavy (non-hydrogen) atoms. The molecule has 0 aromatic carbocycles. The zero-order valence-corrected chi connectivity index (χ0v) is 14.2. The van der Waals surface area contributed by atoms with E-state index in [1.54, 1.807) is 11.3 Å². The van der Waals surface area contributed by atoms with Crippen molar-refractivity contribution in [2.45, 2.75) is 18.9 Å². The fraction of sp³-hybridized carbons (Fsp3) is 0.438. The lowest BCUT2D eigenvalue weighted by atomic mass is 10.0. The van der Waals surface area contributed by atoms with Gasteiger partial charge in [-0.3, -0.25) is 0 Å². The molecule has 7 heteroatoms. The third kappa shape index (κ3) is 2.70. The van der Waals surface area contributed by atoms with Crippen LogP contribution in [0.15, 0.2) is 29.0 Å². The summed E-state index contributed by atoms with van der Waals surface area (Å²) in [6.07, 6.45) is 2.35. The molecule has 3 aromatic rings. The highest BCUT2D eigenvalue weighted by Crippen LogP contribution is 2.23. The molecule has 0 amide bonds. The van der Waals surface area contributed by atoms with Gasteiger partial charge in [-0.15, -0.1) is 15.3 Å². The first-order valence-corrected chi connectivity index (χ1v) is 8.83. The van der Waals surface area contributed by atoms with E-state index in [4.69, 9.17) is 5.10 Å². The van der Waals surface area contributed by atoms with E-state index in [0.717, 1.165) is 35.9 Å². The minimum Gasteiger partial charge on any atom is -0.355 e. The first-order chi connectivity index (χ1) is 11.2. The van der Waals surface area contributed by atoms with E-state index in [0.29, 0.717) is 6.04 Å². The Bertz CT molecular complexity index is 786. The first-order valence-electron chi connectivity index (χ1n) is 7.89. The van der Waals surface area contributed by atoms with Gasteiger partial charge in [0.25, 0.3) is 0 Å². The third-order valence-electron chi connectivity index (χ3n) is 4.55. The predicted octanol–water partition coefficient (Wildman–Crippen LogP) is 2.38. The van der Waals surface area contributed by atoms with E-state index in [1.165, 1.54) is 12.8 Å². The Balaban J connectivity index is 1.63. The molecule has 1 aliphatic heterocycles. The molecular weight excluding hydrogens is 308 g/mol. The summed E-state index contributed by atoms with van der Waals surface area (Å²) in [5.74, 6) is 1.82. The molecule has 0 saturated carbocycles. The van der Waals surface area contributed by atoms with Crippen molar-refractivity contribution in [2.75, 3.05) is 32.1 Å². The fourth-order valence-electron chi connectivity index (χ4n) is 3.13. The maximum atomic E-state index is 4.79. The Morgan fingerprint density at radius 1 is 1.13 bits per heavy atom. The smallest absolute Gasteiger partial charge is 0.186 e. The molecule has 4 rings (SSSR count). The highest BCUT2D eigenvalue weighted by molar-refractivity contribution is 7.08. The Hall–Kier alpha value is -1.99. The molecule has 4 heterocycles. The number of hydrogen-bond acceptors (Lipinski definition) is 6. The van der Waals surface area contributed by atoms with Gasteiger partial charge >= 0.3 is 0 Å². The molecule has 1 saturated heterocycles. The lowest BCUT2D eigenvalue weighted by Gasteiger charge is -2.35. The van der Waals surface area contributed by atoms with Crippen molar-refractivity contribution in [2.24, 2.45) is 0 Å². The van der Waals surface area contributed by atoms with Gasteiger partial charge in [0.05, 0.1) is 0 Å². The van der Waals surface area contributed by atoms with Gasteiger partial charge in [0.2, 0.25) is 0 Å². The summed E-state index contributed by atoms with van der Waals surface area (Å²) < 4.78 is 1.86. The predicted molar refractivity (Wildman–Crippen MR) is 93.0 cm³/mol. The normalized spacial score (nSPS) is 16.6. The maximum absolute atomic E-state index is 4.79. The van der Waals surface area contributed by atoms with Gasteiger partial charge in [-0.2, -0.15) is 15.9 Å². The monoisotopic (exact) mass is 328 g/mol. The van der Waals surface area contributed by atoms with E-state index in [9.17, 15) is 0 Å². The van der Waals surface area contributed by atoms with Crippen LogP contribution < -0.4 is 4.90 Å². The molecule has 0 radical (unpaired) electrons. The van der Waals surface area contributed by atoms with Crippen molar-refractivity contribution < 1.29 is 0 Å². The standard InChI is InChI=1S/C16H20N6S/c1-20(2)13-5-8-21(9-6-13)15-4-3-14-17-18-16(22(14)19-15)12-7-10-23-11-12/h3-4,7,10-11,13H,5-6,8-9H2,1-2H3. The summed E-state index contributed by atoms with van der Waals surface area (Å²) in [5.41, 5.74) is 1.86. The maximum Gasteiger partial charge on any atom is 0.186 e. The van der Waals surface area contributed by atoms with E-state index in [1.807, 2.05) is 16.0 Å². The second kappa shape index (κ2) is 5.90. The fourth-order valence-corrected chi connectivity index (χ4v) is 3.77. The van der Waals surface area contributed by atoms with Crippen LogP contribution in [0, 0.1) is 0 Å². The van der Waals surface area contributed by atoms with Gasteiger partial charge in [0, 0.05) is 30.1 Å². The summed E-state index contributed by atoms with van der Waals surface area (Å²) in [6.45, 7) is 2.08. The van der Waals surface area contributed by atoms with Crippen LogP contribution in [0.1, 0.15) is 12.8 Å². The number of rotatable bonds is 3. The SMILES string of the molecule is CN(C)C1CCN(c2ccc3nnc(-c4ccsc4)n3n2)CC1. The lowest BCUT2D eigenvalue weighted by Crippen LogP contribution is -2.42. The van der Waals surface area contributed by atoms with Crippen molar-refractivity contribution in [1.82, 2.24) is 24.7 Å². The van der Waals surface area contributed by atoms with E-state index in [2.05, 4.69) is 51.6 Å².